The summed E-state index contributed by atoms with van der Waals surface area (Å²) in [5, 5.41) is 13.0. The summed E-state index contributed by atoms with van der Waals surface area (Å²) >= 11 is 0. The minimum Gasteiger partial charge on any atom is -0.496 e. The van der Waals surface area contributed by atoms with Gasteiger partial charge in [-0.3, -0.25) is 4.79 Å². The maximum absolute atomic E-state index is 12.5. The lowest BCUT2D eigenvalue weighted by Crippen LogP contribution is -2.48. The largest absolute Gasteiger partial charge is 0.496 e. The summed E-state index contributed by atoms with van der Waals surface area (Å²) in [6.07, 6.45) is -0.707. The Balaban J connectivity index is 1.84. The molecule has 2 heterocycles. The molecule has 1 unspecified atom stereocenters. The van der Waals surface area contributed by atoms with Crippen molar-refractivity contribution in [3.8, 4) is 23.0 Å². The van der Waals surface area contributed by atoms with Crippen LogP contribution in [-0.4, -0.2) is 47.6 Å². The number of nitrogens with one attached hydrogen (secondary N) is 2. The normalized spacial score (nSPS) is 16.3. The van der Waals surface area contributed by atoms with E-state index in [9.17, 15) is 9.59 Å². The van der Waals surface area contributed by atoms with Crippen molar-refractivity contribution in [1.82, 2.24) is 15.5 Å². The minimum atomic E-state index is -0.928. The number of rotatable bonds is 3. The Labute approximate surface area is 161 Å². The Hall–Kier alpha value is -3.30. The van der Waals surface area contributed by atoms with Crippen molar-refractivity contribution >= 4 is 17.7 Å². The number of fused-ring (bicyclic) bond motifs is 1. The van der Waals surface area contributed by atoms with Gasteiger partial charge in [0.25, 0.3) is 11.8 Å². The average molecular weight is 390 g/mol. The van der Waals surface area contributed by atoms with Crippen LogP contribution in [0.4, 0.5) is 10.5 Å². The van der Waals surface area contributed by atoms with Gasteiger partial charge < -0.3 is 29.3 Å². The SMILES string of the molecule is COc1cc2c(cc1-c1nnc(C)o1)NC(=O)C(NC(=O)OC(C)(C)C)CO2. The Morgan fingerprint density at radius 2 is 2.07 bits per heavy atom. The Morgan fingerprint density at radius 3 is 2.68 bits per heavy atom. The van der Waals surface area contributed by atoms with Crippen molar-refractivity contribution < 1.29 is 28.2 Å². The van der Waals surface area contributed by atoms with E-state index in [1.807, 2.05) is 0 Å². The molecule has 0 saturated heterocycles. The number of methoxy groups -OCH3 is 1. The summed E-state index contributed by atoms with van der Waals surface area (Å²) in [7, 11) is 1.50. The van der Waals surface area contributed by atoms with Gasteiger partial charge in [0.2, 0.25) is 5.89 Å². The molecule has 2 aromatic rings. The number of carbonyl (C=O) groups is 2. The van der Waals surface area contributed by atoms with Crippen LogP contribution in [0.25, 0.3) is 11.5 Å². The summed E-state index contributed by atoms with van der Waals surface area (Å²) in [6, 6.07) is 2.30. The smallest absolute Gasteiger partial charge is 0.408 e. The minimum absolute atomic E-state index is 0.0692. The van der Waals surface area contributed by atoms with Gasteiger partial charge in [-0.25, -0.2) is 4.79 Å². The molecule has 2 amide bonds. The monoisotopic (exact) mass is 390 g/mol. The Bertz CT molecular complexity index is 902. The molecule has 1 aromatic heterocycles. The maximum atomic E-state index is 12.5. The van der Waals surface area contributed by atoms with Crippen LogP contribution in [0.15, 0.2) is 16.5 Å². The number of amides is 2. The predicted octanol–water partition coefficient (Wildman–Crippen LogP) is 2.28. The summed E-state index contributed by atoms with van der Waals surface area (Å²) in [5.74, 6) is 1.03. The summed E-state index contributed by atoms with van der Waals surface area (Å²) in [6.45, 7) is 6.81. The third-order valence-electron chi connectivity index (χ3n) is 3.73. The van der Waals surface area contributed by atoms with Crippen molar-refractivity contribution in [2.24, 2.45) is 0 Å². The van der Waals surface area contributed by atoms with Gasteiger partial charge in [-0.15, -0.1) is 10.2 Å². The first-order valence-electron chi connectivity index (χ1n) is 8.62. The van der Waals surface area contributed by atoms with Gasteiger partial charge in [-0.2, -0.15) is 0 Å². The zero-order chi connectivity index (χ0) is 20.5. The Kier molecular flexibility index (Phi) is 5.12. The van der Waals surface area contributed by atoms with Gasteiger partial charge in [0.05, 0.1) is 18.4 Å². The first-order chi connectivity index (χ1) is 13.2. The molecule has 28 heavy (non-hydrogen) atoms. The molecule has 1 atom stereocenters. The van der Waals surface area contributed by atoms with E-state index in [0.717, 1.165) is 0 Å². The number of alkyl carbamates (subject to hydrolysis) is 1. The van der Waals surface area contributed by atoms with E-state index in [4.69, 9.17) is 18.6 Å². The topological polar surface area (TPSA) is 125 Å². The van der Waals surface area contributed by atoms with E-state index in [2.05, 4.69) is 20.8 Å². The third kappa shape index (κ3) is 4.33. The van der Waals surface area contributed by atoms with E-state index in [1.165, 1.54) is 7.11 Å². The lowest BCUT2D eigenvalue weighted by Gasteiger charge is -2.22. The third-order valence-corrected chi connectivity index (χ3v) is 3.73. The van der Waals surface area contributed by atoms with E-state index >= 15 is 0 Å². The van der Waals surface area contributed by atoms with Gasteiger partial charge >= 0.3 is 6.09 Å². The summed E-state index contributed by atoms with van der Waals surface area (Å²) in [5.41, 5.74) is 0.217. The van der Waals surface area contributed by atoms with Crippen LogP contribution in [0.1, 0.15) is 26.7 Å². The molecule has 1 aliphatic heterocycles. The van der Waals surface area contributed by atoms with E-state index in [-0.39, 0.29) is 12.5 Å². The number of hydrogen-bond acceptors (Lipinski definition) is 8. The lowest BCUT2D eigenvalue weighted by molar-refractivity contribution is -0.118. The molecule has 0 bridgehead atoms. The molecule has 0 radical (unpaired) electrons. The highest BCUT2D eigenvalue weighted by Gasteiger charge is 2.29. The van der Waals surface area contributed by atoms with Gasteiger partial charge in [-0.1, -0.05) is 0 Å². The molecule has 2 N–H and O–H groups in total. The molecule has 3 rings (SSSR count). The summed E-state index contributed by atoms with van der Waals surface area (Å²) in [4.78, 5) is 24.5. The fourth-order valence-electron chi connectivity index (χ4n) is 2.55. The fourth-order valence-corrected chi connectivity index (χ4v) is 2.55. The number of benzene rings is 1. The molecule has 10 nitrogen and oxygen atoms in total. The highest BCUT2D eigenvalue weighted by Crippen LogP contribution is 2.39. The number of carbonyl (C=O) groups excluding carboxylic acids is 2. The fraction of sp³-hybridized carbons (Fsp3) is 0.444. The van der Waals surface area contributed by atoms with Gasteiger partial charge in [-0.05, 0) is 26.8 Å². The molecule has 0 fully saturated rings. The first kappa shape index (κ1) is 19.5. The van der Waals surface area contributed by atoms with Crippen LogP contribution in [0, 0.1) is 6.92 Å². The zero-order valence-electron chi connectivity index (χ0n) is 16.3. The molecule has 10 heteroatoms. The average Bonchev–Trinajstić information content (AvgIpc) is 2.97. The highest BCUT2D eigenvalue weighted by molar-refractivity contribution is 5.99. The number of hydrogen-bond donors (Lipinski definition) is 2. The predicted molar refractivity (Wildman–Crippen MR) is 98.3 cm³/mol. The van der Waals surface area contributed by atoms with Crippen LogP contribution in [0.5, 0.6) is 11.5 Å². The standard InChI is InChI=1S/C18H22N4O6/c1-9-21-22-16(27-9)10-6-11-14(7-13(10)25-5)26-8-12(15(23)19-11)20-17(24)28-18(2,3)4/h6-7,12H,8H2,1-5H3,(H,19,23)(H,20,24). The number of aromatic nitrogens is 2. The number of anilines is 1. The van der Waals surface area contributed by atoms with Gasteiger partial charge in [0.15, 0.2) is 0 Å². The van der Waals surface area contributed by atoms with Crippen molar-refractivity contribution in [1.29, 1.82) is 0 Å². The molecule has 1 aliphatic rings. The van der Waals surface area contributed by atoms with Crippen LogP contribution < -0.4 is 20.1 Å². The second kappa shape index (κ2) is 7.37. The molecule has 0 spiro atoms. The number of ether oxygens (including phenoxy) is 3. The summed E-state index contributed by atoms with van der Waals surface area (Å²) < 4.78 is 21.7. The van der Waals surface area contributed by atoms with Crippen LogP contribution in [0.3, 0.4) is 0 Å². The number of nitrogens with zero attached hydrogens (tertiary/aromatic N) is 2. The van der Waals surface area contributed by atoms with Crippen LogP contribution in [-0.2, 0) is 9.53 Å². The molecule has 0 aliphatic carbocycles. The lowest BCUT2D eigenvalue weighted by atomic mass is 10.1. The number of aryl methyl sites for hydroxylation is 1. The van der Waals surface area contributed by atoms with E-state index in [0.29, 0.717) is 28.6 Å². The second-order valence-corrected chi connectivity index (χ2v) is 7.17. The quantitative estimate of drug-likeness (QED) is 0.818. The van der Waals surface area contributed by atoms with Gasteiger partial charge in [0.1, 0.15) is 29.7 Å². The van der Waals surface area contributed by atoms with Crippen LogP contribution >= 0.6 is 0 Å². The molecule has 0 saturated carbocycles. The second-order valence-electron chi connectivity index (χ2n) is 7.17. The van der Waals surface area contributed by atoms with Crippen LogP contribution in [0.2, 0.25) is 0 Å². The maximum Gasteiger partial charge on any atom is 0.408 e. The molecular weight excluding hydrogens is 368 g/mol. The van der Waals surface area contributed by atoms with Crippen molar-refractivity contribution in [2.45, 2.75) is 39.3 Å². The first-order valence-corrected chi connectivity index (χ1v) is 8.62. The molecular formula is C18H22N4O6. The molecule has 1 aromatic carbocycles. The van der Waals surface area contributed by atoms with Crippen molar-refractivity contribution in [3.05, 3.63) is 18.0 Å². The molecule has 150 valence electrons. The van der Waals surface area contributed by atoms with E-state index < -0.39 is 23.6 Å². The van der Waals surface area contributed by atoms with E-state index in [1.54, 1.807) is 39.8 Å². The Morgan fingerprint density at radius 1 is 1.32 bits per heavy atom. The van der Waals surface area contributed by atoms with Crippen molar-refractivity contribution in [3.63, 3.8) is 0 Å². The van der Waals surface area contributed by atoms with Gasteiger partial charge in [0, 0.05) is 13.0 Å². The van der Waals surface area contributed by atoms with Crippen molar-refractivity contribution in [2.75, 3.05) is 19.0 Å². The zero-order valence-corrected chi connectivity index (χ0v) is 16.3. The highest BCUT2D eigenvalue weighted by atomic mass is 16.6.